The van der Waals surface area contributed by atoms with Gasteiger partial charge in [-0.05, 0) is 45.1 Å². The fourth-order valence-corrected chi connectivity index (χ4v) is 4.69. The predicted molar refractivity (Wildman–Crippen MR) is 115 cm³/mol. The van der Waals surface area contributed by atoms with Gasteiger partial charge in [-0.25, -0.2) is 0 Å². The summed E-state index contributed by atoms with van der Waals surface area (Å²) in [6, 6.07) is 21.7. The molecule has 5 aromatic rings. The molecular formula is C25H17NO4. The molecule has 2 atom stereocenters. The van der Waals surface area contributed by atoms with Gasteiger partial charge in [0, 0.05) is 12.3 Å². The molecule has 1 aromatic heterocycles. The summed E-state index contributed by atoms with van der Waals surface area (Å²) in [6.07, 6.45) is 0.679. The highest BCUT2D eigenvalue weighted by atomic mass is 16.6. The van der Waals surface area contributed by atoms with Crippen molar-refractivity contribution in [3.63, 3.8) is 0 Å². The topological polar surface area (TPSA) is 59.8 Å². The zero-order chi connectivity index (χ0) is 20.4. The second-order valence-corrected chi connectivity index (χ2v) is 7.64. The van der Waals surface area contributed by atoms with Crippen LogP contribution in [0.4, 0.5) is 5.69 Å². The number of furan rings is 1. The summed E-state index contributed by atoms with van der Waals surface area (Å²) in [5.41, 5.74) is 0.788. The lowest BCUT2D eigenvalue weighted by atomic mass is 9.89. The molecule has 0 radical (unpaired) electrons. The molecule has 1 aliphatic heterocycles. The van der Waals surface area contributed by atoms with Crippen LogP contribution < -0.4 is 4.90 Å². The zero-order valence-corrected chi connectivity index (χ0v) is 16.2. The number of amides is 1. The van der Waals surface area contributed by atoms with Gasteiger partial charge in [0.2, 0.25) is 6.10 Å². The molecule has 0 aliphatic carbocycles. The standard InChI is InChI=1S/C25H17NO4/c1-14(27)30-24-23(20-6-3-13-29-20)26(25(24)28)19-12-10-17-8-7-15-4-2-5-16-9-11-18(19)22(17)21(15)16/h2-13,23-24H,1H3/t23-,24-/m1/s1. The van der Waals surface area contributed by atoms with Gasteiger partial charge < -0.3 is 9.15 Å². The summed E-state index contributed by atoms with van der Waals surface area (Å²) in [4.78, 5) is 26.3. The van der Waals surface area contributed by atoms with Gasteiger partial charge >= 0.3 is 5.97 Å². The molecule has 1 amide bonds. The van der Waals surface area contributed by atoms with Gasteiger partial charge in [0.25, 0.3) is 5.91 Å². The zero-order valence-electron chi connectivity index (χ0n) is 16.2. The number of carbonyl (C=O) groups is 2. The van der Waals surface area contributed by atoms with Crippen molar-refractivity contribution in [3.05, 3.63) is 78.8 Å². The average Bonchev–Trinajstić information content (AvgIpc) is 3.28. The van der Waals surface area contributed by atoms with Crippen molar-refractivity contribution in [3.8, 4) is 0 Å². The predicted octanol–water partition coefficient (Wildman–Crippen LogP) is 5.20. The number of hydrogen-bond acceptors (Lipinski definition) is 4. The van der Waals surface area contributed by atoms with Gasteiger partial charge in [-0.2, -0.15) is 0 Å². The van der Waals surface area contributed by atoms with E-state index in [2.05, 4.69) is 42.5 Å². The van der Waals surface area contributed by atoms with Gasteiger partial charge in [0.1, 0.15) is 11.8 Å². The minimum atomic E-state index is -0.882. The second-order valence-electron chi connectivity index (χ2n) is 7.64. The third kappa shape index (κ3) is 2.23. The fraction of sp³-hybridized carbons (Fsp3) is 0.120. The number of carbonyl (C=O) groups excluding carboxylic acids is 2. The van der Waals surface area contributed by atoms with Gasteiger partial charge in [0.15, 0.2) is 0 Å². The number of ether oxygens (including phenoxy) is 1. The Labute approximate surface area is 171 Å². The molecule has 5 nitrogen and oxygen atoms in total. The van der Waals surface area contributed by atoms with Gasteiger partial charge in [0.05, 0.1) is 12.0 Å². The molecule has 1 fully saturated rings. The first-order chi connectivity index (χ1) is 14.6. The van der Waals surface area contributed by atoms with E-state index in [0.717, 1.165) is 32.6 Å². The highest BCUT2D eigenvalue weighted by molar-refractivity contribution is 6.26. The first-order valence-corrected chi connectivity index (χ1v) is 9.84. The van der Waals surface area contributed by atoms with Crippen LogP contribution in [0.2, 0.25) is 0 Å². The van der Waals surface area contributed by atoms with Crippen molar-refractivity contribution < 1.29 is 18.7 Å². The van der Waals surface area contributed by atoms with E-state index in [4.69, 9.17) is 9.15 Å². The van der Waals surface area contributed by atoms with Crippen LogP contribution in [0.15, 0.2) is 77.4 Å². The van der Waals surface area contributed by atoms with Gasteiger partial charge in [-0.1, -0.05) is 48.5 Å². The minimum Gasteiger partial charge on any atom is -0.467 e. The maximum atomic E-state index is 13.1. The summed E-state index contributed by atoms with van der Waals surface area (Å²) >= 11 is 0. The number of benzene rings is 4. The van der Waals surface area contributed by atoms with E-state index >= 15 is 0 Å². The van der Waals surface area contributed by atoms with E-state index < -0.39 is 18.1 Å². The Morgan fingerprint density at radius 3 is 2.30 bits per heavy atom. The van der Waals surface area contributed by atoms with Crippen molar-refractivity contribution in [1.82, 2.24) is 0 Å². The molecule has 146 valence electrons. The van der Waals surface area contributed by atoms with E-state index in [1.807, 2.05) is 12.1 Å². The number of β-lactam (4-membered cyclic amide) rings is 1. The van der Waals surface area contributed by atoms with Gasteiger partial charge in [-0.3, -0.25) is 14.5 Å². The molecule has 0 N–H and O–H groups in total. The van der Waals surface area contributed by atoms with Crippen molar-refractivity contribution in [2.24, 2.45) is 0 Å². The molecule has 0 saturated carbocycles. The van der Waals surface area contributed by atoms with Crippen molar-refractivity contribution >= 4 is 49.9 Å². The number of esters is 1. The Hall–Kier alpha value is -3.86. The smallest absolute Gasteiger partial charge is 0.303 e. The average molecular weight is 395 g/mol. The van der Waals surface area contributed by atoms with E-state index in [0.29, 0.717) is 5.76 Å². The number of rotatable bonds is 3. The van der Waals surface area contributed by atoms with Crippen LogP contribution in [0.25, 0.3) is 32.3 Å². The van der Waals surface area contributed by atoms with Crippen LogP contribution in [-0.2, 0) is 14.3 Å². The third-order valence-electron chi connectivity index (χ3n) is 5.94. The van der Waals surface area contributed by atoms with Crippen molar-refractivity contribution in [2.45, 2.75) is 19.1 Å². The molecular weight excluding hydrogens is 378 g/mol. The SMILES string of the molecule is CC(=O)O[C@H]1C(=O)N(c2ccc3ccc4cccc5ccc2c3c45)[C@@H]1c1ccco1. The lowest BCUT2D eigenvalue weighted by Gasteiger charge is -2.45. The molecule has 2 heterocycles. The van der Waals surface area contributed by atoms with Gasteiger partial charge in [-0.15, -0.1) is 0 Å². The van der Waals surface area contributed by atoms with Crippen molar-refractivity contribution in [1.29, 1.82) is 0 Å². The highest BCUT2D eigenvalue weighted by Gasteiger charge is 2.53. The first-order valence-electron chi connectivity index (χ1n) is 9.84. The lowest BCUT2D eigenvalue weighted by Crippen LogP contribution is -2.60. The number of anilines is 1. The monoisotopic (exact) mass is 395 g/mol. The molecule has 4 aromatic carbocycles. The van der Waals surface area contributed by atoms with Crippen LogP contribution in [0.5, 0.6) is 0 Å². The summed E-state index contributed by atoms with van der Waals surface area (Å²) in [5, 5.41) is 6.76. The van der Waals surface area contributed by atoms with Crippen LogP contribution in [0, 0.1) is 0 Å². The summed E-state index contributed by atoms with van der Waals surface area (Å²) < 4.78 is 10.9. The molecule has 1 aliphatic rings. The Bertz CT molecular complexity index is 1420. The van der Waals surface area contributed by atoms with Crippen LogP contribution in [0.1, 0.15) is 18.7 Å². The Kier molecular flexibility index (Phi) is 3.45. The molecule has 0 spiro atoms. The minimum absolute atomic E-state index is 0.248. The third-order valence-corrected chi connectivity index (χ3v) is 5.94. The molecule has 30 heavy (non-hydrogen) atoms. The molecule has 0 unspecified atom stereocenters. The Morgan fingerprint density at radius 2 is 1.60 bits per heavy atom. The van der Waals surface area contributed by atoms with Crippen molar-refractivity contribution in [2.75, 3.05) is 4.90 Å². The van der Waals surface area contributed by atoms with E-state index in [1.54, 1.807) is 23.3 Å². The van der Waals surface area contributed by atoms with E-state index in [1.165, 1.54) is 12.3 Å². The van der Waals surface area contributed by atoms with Crippen LogP contribution in [-0.4, -0.2) is 18.0 Å². The molecule has 6 rings (SSSR count). The maximum Gasteiger partial charge on any atom is 0.303 e. The molecule has 0 bridgehead atoms. The van der Waals surface area contributed by atoms with Crippen LogP contribution >= 0.6 is 0 Å². The lowest BCUT2D eigenvalue weighted by molar-refractivity contribution is -0.161. The number of nitrogens with zero attached hydrogens (tertiary/aromatic N) is 1. The van der Waals surface area contributed by atoms with Crippen LogP contribution in [0.3, 0.4) is 0 Å². The fourth-order valence-electron chi connectivity index (χ4n) is 4.69. The Balaban J connectivity index is 1.58. The highest BCUT2D eigenvalue weighted by Crippen LogP contribution is 2.46. The summed E-state index contributed by atoms with van der Waals surface area (Å²) in [6.45, 7) is 1.31. The Morgan fingerprint density at radius 1 is 0.900 bits per heavy atom. The second kappa shape index (κ2) is 6.07. The number of hydrogen-bond donors (Lipinski definition) is 0. The normalized spacial score (nSPS) is 19.0. The molecule has 5 heteroatoms. The maximum absolute atomic E-state index is 13.1. The quantitative estimate of drug-likeness (QED) is 0.239. The summed E-state index contributed by atoms with van der Waals surface area (Å²) in [7, 11) is 0. The van der Waals surface area contributed by atoms with E-state index in [-0.39, 0.29) is 5.91 Å². The first kappa shape index (κ1) is 17.0. The largest absolute Gasteiger partial charge is 0.467 e. The molecule has 1 saturated heterocycles. The van der Waals surface area contributed by atoms with E-state index in [9.17, 15) is 9.59 Å². The summed E-state index contributed by atoms with van der Waals surface area (Å²) in [5.74, 6) is -0.145.